The van der Waals surface area contributed by atoms with E-state index in [1.54, 1.807) is 0 Å². The van der Waals surface area contributed by atoms with E-state index in [0.29, 0.717) is 12.3 Å². The molecule has 0 bridgehead atoms. The number of piperidine rings is 1. The van der Waals surface area contributed by atoms with Crippen molar-refractivity contribution >= 4 is 23.4 Å². The van der Waals surface area contributed by atoms with E-state index in [2.05, 4.69) is 0 Å². The molecule has 2 rings (SSSR count). The van der Waals surface area contributed by atoms with E-state index < -0.39 is 0 Å². The number of benzene rings is 1. The summed E-state index contributed by atoms with van der Waals surface area (Å²) < 4.78 is 5.50. The van der Waals surface area contributed by atoms with Gasteiger partial charge in [0.15, 0.2) is 0 Å². The van der Waals surface area contributed by atoms with Gasteiger partial charge < -0.3 is 15.4 Å². The van der Waals surface area contributed by atoms with E-state index in [-0.39, 0.29) is 11.2 Å². The average molecular weight is 308 g/mol. The number of carbonyl (C=O) groups is 1. The van der Waals surface area contributed by atoms with Crippen LogP contribution in [0.25, 0.3) is 0 Å². The maximum atomic E-state index is 12.5. The predicted octanol–water partition coefficient (Wildman–Crippen LogP) is 3.16. The number of rotatable bonds is 5. The van der Waals surface area contributed by atoms with Crippen molar-refractivity contribution in [2.24, 2.45) is 0 Å². The van der Waals surface area contributed by atoms with Gasteiger partial charge in [-0.15, -0.1) is 11.8 Å². The first-order chi connectivity index (χ1) is 10.1. The number of thioether (sulfide) groups is 1. The summed E-state index contributed by atoms with van der Waals surface area (Å²) in [5.74, 6) is 1.01. The minimum Gasteiger partial charge on any atom is -0.494 e. The Morgan fingerprint density at radius 3 is 2.76 bits per heavy atom. The lowest BCUT2D eigenvalue weighted by Gasteiger charge is -2.29. The fourth-order valence-corrected chi connectivity index (χ4v) is 3.50. The third kappa shape index (κ3) is 4.30. The Hall–Kier alpha value is -1.36. The number of amides is 1. The third-order valence-corrected chi connectivity index (χ3v) is 4.78. The Morgan fingerprint density at radius 1 is 1.38 bits per heavy atom. The molecule has 1 aromatic carbocycles. The van der Waals surface area contributed by atoms with Gasteiger partial charge in [0.25, 0.3) is 0 Å². The van der Waals surface area contributed by atoms with Crippen molar-refractivity contribution in [1.29, 1.82) is 0 Å². The molecule has 1 aromatic rings. The highest BCUT2D eigenvalue weighted by Gasteiger charge is 2.23. The number of likely N-dealkylation sites (tertiary alicyclic amines) is 1. The molecule has 0 aliphatic carbocycles. The van der Waals surface area contributed by atoms with Crippen molar-refractivity contribution in [3.63, 3.8) is 0 Å². The van der Waals surface area contributed by atoms with Crippen molar-refractivity contribution in [2.45, 2.75) is 43.3 Å². The monoisotopic (exact) mass is 308 g/mol. The Bertz CT molecular complexity index is 487. The zero-order chi connectivity index (χ0) is 15.2. The Balaban J connectivity index is 2.02. The van der Waals surface area contributed by atoms with Gasteiger partial charge >= 0.3 is 0 Å². The van der Waals surface area contributed by atoms with Gasteiger partial charge in [0.2, 0.25) is 5.91 Å². The van der Waals surface area contributed by atoms with Gasteiger partial charge in [-0.2, -0.15) is 0 Å². The number of nitrogens with two attached hydrogens (primary N) is 1. The topological polar surface area (TPSA) is 55.6 Å². The fourth-order valence-electron chi connectivity index (χ4n) is 2.49. The molecular weight excluding hydrogens is 284 g/mol. The first-order valence-corrected chi connectivity index (χ1v) is 8.47. The van der Waals surface area contributed by atoms with Crippen LogP contribution in [-0.2, 0) is 4.79 Å². The third-order valence-electron chi connectivity index (χ3n) is 3.62. The summed E-state index contributed by atoms with van der Waals surface area (Å²) in [6, 6.07) is 5.62. The number of anilines is 1. The Kier molecular flexibility index (Phi) is 5.79. The van der Waals surface area contributed by atoms with E-state index in [1.165, 1.54) is 18.2 Å². The van der Waals surface area contributed by atoms with Crippen LogP contribution >= 0.6 is 11.8 Å². The Labute approximate surface area is 131 Å². The number of nitrogens with zero attached hydrogens (tertiary/aromatic N) is 1. The van der Waals surface area contributed by atoms with Crippen molar-refractivity contribution in [3.8, 4) is 5.75 Å². The van der Waals surface area contributed by atoms with Crippen LogP contribution in [0.15, 0.2) is 23.1 Å². The summed E-state index contributed by atoms with van der Waals surface area (Å²) in [4.78, 5) is 15.3. The molecule has 1 heterocycles. The van der Waals surface area contributed by atoms with Crippen molar-refractivity contribution in [2.75, 3.05) is 25.4 Å². The summed E-state index contributed by atoms with van der Waals surface area (Å²) in [6.07, 6.45) is 3.46. The number of ether oxygens (including phenoxy) is 1. The molecule has 1 fully saturated rings. The van der Waals surface area contributed by atoms with Crippen LogP contribution < -0.4 is 10.5 Å². The zero-order valence-electron chi connectivity index (χ0n) is 12.8. The quantitative estimate of drug-likeness (QED) is 0.670. The molecule has 2 N–H and O–H groups in total. The molecule has 1 saturated heterocycles. The predicted molar refractivity (Wildman–Crippen MR) is 87.8 cm³/mol. The molecule has 116 valence electrons. The first-order valence-electron chi connectivity index (χ1n) is 7.59. The highest BCUT2D eigenvalue weighted by Crippen LogP contribution is 2.33. The van der Waals surface area contributed by atoms with Gasteiger partial charge in [-0.25, -0.2) is 0 Å². The van der Waals surface area contributed by atoms with Gasteiger partial charge in [-0.1, -0.05) is 0 Å². The van der Waals surface area contributed by atoms with Crippen LogP contribution in [0.4, 0.5) is 5.69 Å². The van der Waals surface area contributed by atoms with Gasteiger partial charge in [-0.05, 0) is 51.3 Å². The molecule has 0 spiro atoms. The SMILES string of the molecule is CCOc1ccc(N)c(SC(C)C(=O)N2CCCCC2)c1. The number of nitrogen functional groups attached to an aromatic ring is 1. The molecule has 0 saturated carbocycles. The molecule has 1 aliphatic rings. The maximum absolute atomic E-state index is 12.5. The molecule has 1 amide bonds. The van der Waals surface area contributed by atoms with Crippen molar-refractivity contribution in [3.05, 3.63) is 18.2 Å². The van der Waals surface area contributed by atoms with E-state index in [0.717, 1.165) is 36.6 Å². The van der Waals surface area contributed by atoms with Crippen LogP contribution in [0.2, 0.25) is 0 Å². The van der Waals surface area contributed by atoms with Crippen LogP contribution in [0.1, 0.15) is 33.1 Å². The molecule has 1 unspecified atom stereocenters. The van der Waals surface area contributed by atoms with Crippen LogP contribution in [0, 0.1) is 0 Å². The number of carbonyl (C=O) groups excluding carboxylic acids is 1. The van der Waals surface area contributed by atoms with Gasteiger partial charge in [0.1, 0.15) is 5.75 Å². The highest BCUT2D eigenvalue weighted by atomic mass is 32.2. The second kappa shape index (κ2) is 7.59. The smallest absolute Gasteiger partial charge is 0.235 e. The van der Waals surface area contributed by atoms with Crippen LogP contribution in [-0.4, -0.2) is 35.8 Å². The largest absolute Gasteiger partial charge is 0.494 e. The molecule has 0 aromatic heterocycles. The summed E-state index contributed by atoms with van der Waals surface area (Å²) in [5, 5.41) is -0.123. The standard InChI is InChI=1S/C16H24N2O2S/c1-3-20-13-7-8-14(17)15(11-13)21-12(2)16(19)18-9-5-4-6-10-18/h7-8,11-12H,3-6,9-10,17H2,1-2H3. The summed E-state index contributed by atoms with van der Waals surface area (Å²) in [6.45, 7) is 6.30. The molecule has 0 radical (unpaired) electrons. The second-order valence-corrected chi connectivity index (χ2v) is 6.66. The highest BCUT2D eigenvalue weighted by molar-refractivity contribution is 8.00. The molecule has 1 aliphatic heterocycles. The summed E-state index contributed by atoms with van der Waals surface area (Å²) >= 11 is 1.52. The van der Waals surface area contributed by atoms with E-state index >= 15 is 0 Å². The number of hydrogen-bond donors (Lipinski definition) is 1. The zero-order valence-corrected chi connectivity index (χ0v) is 13.6. The first kappa shape index (κ1) is 16.0. The van der Waals surface area contributed by atoms with Crippen molar-refractivity contribution < 1.29 is 9.53 Å². The van der Waals surface area contributed by atoms with Crippen LogP contribution in [0.3, 0.4) is 0 Å². The minimum absolute atomic E-state index is 0.123. The van der Waals surface area contributed by atoms with Gasteiger partial charge in [0.05, 0.1) is 11.9 Å². The second-order valence-electron chi connectivity index (χ2n) is 5.28. The molecule has 5 heteroatoms. The van der Waals surface area contributed by atoms with Gasteiger partial charge in [-0.3, -0.25) is 4.79 Å². The maximum Gasteiger partial charge on any atom is 0.235 e. The minimum atomic E-state index is -0.123. The van der Waals surface area contributed by atoms with Gasteiger partial charge in [0, 0.05) is 23.7 Å². The number of hydrogen-bond acceptors (Lipinski definition) is 4. The summed E-state index contributed by atoms with van der Waals surface area (Å²) in [7, 11) is 0. The van der Waals surface area contributed by atoms with E-state index in [1.807, 2.05) is 36.9 Å². The fraction of sp³-hybridized carbons (Fsp3) is 0.562. The lowest BCUT2D eigenvalue weighted by molar-refractivity contribution is -0.131. The summed E-state index contributed by atoms with van der Waals surface area (Å²) in [5.41, 5.74) is 6.71. The lowest BCUT2D eigenvalue weighted by atomic mass is 10.1. The van der Waals surface area contributed by atoms with E-state index in [4.69, 9.17) is 10.5 Å². The molecule has 4 nitrogen and oxygen atoms in total. The van der Waals surface area contributed by atoms with Crippen molar-refractivity contribution in [1.82, 2.24) is 4.90 Å². The molecular formula is C16H24N2O2S. The Morgan fingerprint density at radius 2 is 2.10 bits per heavy atom. The normalized spacial score (nSPS) is 16.6. The average Bonchev–Trinajstić information content (AvgIpc) is 2.51. The molecule has 1 atom stereocenters. The van der Waals surface area contributed by atoms with E-state index in [9.17, 15) is 4.79 Å². The van der Waals surface area contributed by atoms with Crippen LogP contribution in [0.5, 0.6) is 5.75 Å². The lowest BCUT2D eigenvalue weighted by Crippen LogP contribution is -2.40. The molecule has 21 heavy (non-hydrogen) atoms.